The van der Waals surface area contributed by atoms with Gasteiger partial charge in [-0.2, -0.15) is 0 Å². The van der Waals surface area contributed by atoms with Crippen LogP contribution in [-0.2, 0) is 4.74 Å². The molecule has 154 valence electrons. The molecule has 1 fully saturated rings. The molecule has 1 aliphatic heterocycles. The number of hydrogen-bond acceptors (Lipinski definition) is 5. The van der Waals surface area contributed by atoms with Gasteiger partial charge >= 0.3 is 6.09 Å². The van der Waals surface area contributed by atoms with Crippen molar-refractivity contribution in [2.45, 2.75) is 39.7 Å². The summed E-state index contributed by atoms with van der Waals surface area (Å²) >= 11 is 0. The van der Waals surface area contributed by atoms with Crippen molar-refractivity contribution in [3.05, 3.63) is 53.2 Å². The number of anilines is 2. The summed E-state index contributed by atoms with van der Waals surface area (Å²) in [5.74, 6) is 0.543. The zero-order valence-corrected chi connectivity index (χ0v) is 17.2. The number of pyridine rings is 1. The van der Waals surface area contributed by atoms with Gasteiger partial charge in [0.15, 0.2) is 0 Å². The van der Waals surface area contributed by atoms with Crippen LogP contribution in [0, 0.1) is 13.8 Å². The van der Waals surface area contributed by atoms with E-state index < -0.39 is 0 Å². The maximum Gasteiger partial charge on any atom is 0.409 e. The molecule has 7 heteroatoms. The lowest BCUT2D eigenvalue weighted by molar-refractivity contribution is 0.0982. The summed E-state index contributed by atoms with van der Waals surface area (Å²) in [4.78, 5) is 30.4. The number of nitrogens with zero attached hydrogens (tertiary/aromatic N) is 2. The van der Waals surface area contributed by atoms with Crippen LogP contribution < -0.4 is 10.6 Å². The fourth-order valence-corrected chi connectivity index (χ4v) is 3.39. The molecule has 0 aliphatic carbocycles. The first kappa shape index (κ1) is 20.6. The van der Waals surface area contributed by atoms with Crippen molar-refractivity contribution in [2.75, 3.05) is 30.3 Å². The summed E-state index contributed by atoms with van der Waals surface area (Å²) < 4.78 is 5.04. The molecule has 2 amide bonds. The molecule has 0 atom stereocenters. The van der Waals surface area contributed by atoms with E-state index in [-0.39, 0.29) is 18.0 Å². The van der Waals surface area contributed by atoms with Gasteiger partial charge in [0.25, 0.3) is 5.91 Å². The maximum atomic E-state index is 12.5. The second kappa shape index (κ2) is 9.41. The van der Waals surface area contributed by atoms with Crippen LogP contribution in [0.3, 0.4) is 0 Å². The van der Waals surface area contributed by atoms with Gasteiger partial charge in [0.1, 0.15) is 5.82 Å². The fraction of sp³-hybridized carbons (Fsp3) is 0.409. The van der Waals surface area contributed by atoms with Gasteiger partial charge < -0.3 is 20.3 Å². The van der Waals surface area contributed by atoms with Gasteiger partial charge in [-0.05, 0) is 57.4 Å². The number of hydrogen-bond donors (Lipinski definition) is 2. The Kier molecular flexibility index (Phi) is 6.69. The van der Waals surface area contributed by atoms with Crippen molar-refractivity contribution in [1.29, 1.82) is 0 Å². The Morgan fingerprint density at radius 1 is 1.17 bits per heavy atom. The first-order chi connectivity index (χ1) is 14.0. The predicted molar refractivity (Wildman–Crippen MR) is 113 cm³/mol. The number of nitrogens with one attached hydrogen (secondary N) is 2. The topological polar surface area (TPSA) is 83.6 Å². The molecule has 0 saturated carbocycles. The molecule has 29 heavy (non-hydrogen) atoms. The summed E-state index contributed by atoms with van der Waals surface area (Å²) in [6.45, 7) is 7.52. The molecule has 2 N–H and O–H groups in total. The van der Waals surface area contributed by atoms with Gasteiger partial charge in [-0.3, -0.25) is 4.79 Å². The minimum atomic E-state index is -0.247. The molecule has 1 aromatic heterocycles. The van der Waals surface area contributed by atoms with E-state index in [1.165, 1.54) is 0 Å². The molecule has 2 aromatic rings. The molecule has 1 aromatic carbocycles. The van der Waals surface area contributed by atoms with E-state index in [4.69, 9.17) is 4.74 Å². The van der Waals surface area contributed by atoms with E-state index in [2.05, 4.69) is 15.6 Å². The summed E-state index contributed by atoms with van der Waals surface area (Å²) in [7, 11) is 0. The number of carbonyl (C=O) groups excluding carboxylic acids is 2. The van der Waals surface area contributed by atoms with Crippen LogP contribution in [0.1, 0.15) is 41.3 Å². The van der Waals surface area contributed by atoms with Gasteiger partial charge in [0, 0.05) is 31.0 Å². The van der Waals surface area contributed by atoms with E-state index in [0.29, 0.717) is 25.3 Å². The average Bonchev–Trinajstić information content (AvgIpc) is 2.71. The highest BCUT2D eigenvalue weighted by Crippen LogP contribution is 2.19. The number of likely N-dealkylation sites (tertiary alicyclic amines) is 1. The van der Waals surface area contributed by atoms with E-state index in [1.807, 2.05) is 45.0 Å². The van der Waals surface area contributed by atoms with Gasteiger partial charge in [-0.15, -0.1) is 0 Å². The molecule has 3 rings (SSSR count). The number of benzene rings is 1. The van der Waals surface area contributed by atoms with Gasteiger partial charge in [-0.25, -0.2) is 9.78 Å². The van der Waals surface area contributed by atoms with Gasteiger partial charge in [0.2, 0.25) is 0 Å². The lowest BCUT2D eigenvalue weighted by Crippen LogP contribution is -2.42. The number of aromatic nitrogens is 1. The first-order valence-corrected chi connectivity index (χ1v) is 9.99. The van der Waals surface area contributed by atoms with Crippen molar-refractivity contribution in [2.24, 2.45) is 0 Å². The Bertz CT molecular complexity index is 859. The Morgan fingerprint density at radius 2 is 1.93 bits per heavy atom. The lowest BCUT2D eigenvalue weighted by Gasteiger charge is -2.31. The van der Waals surface area contributed by atoms with Crippen molar-refractivity contribution >= 4 is 23.5 Å². The van der Waals surface area contributed by atoms with Crippen LogP contribution >= 0.6 is 0 Å². The lowest BCUT2D eigenvalue weighted by atomic mass is 10.1. The highest BCUT2D eigenvalue weighted by molar-refractivity contribution is 6.04. The van der Waals surface area contributed by atoms with Crippen LogP contribution in [0.5, 0.6) is 0 Å². The van der Waals surface area contributed by atoms with Gasteiger partial charge in [-0.1, -0.05) is 17.7 Å². The Hall–Kier alpha value is -3.09. The number of rotatable bonds is 5. The third-order valence-electron chi connectivity index (χ3n) is 5.03. The van der Waals surface area contributed by atoms with E-state index in [9.17, 15) is 9.59 Å². The third kappa shape index (κ3) is 5.47. The quantitative estimate of drug-likeness (QED) is 0.799. The van der Waals surface area contributed by atoms with Crippen molar-refractivity contribution in [3.63, 3.8) is 0 Å². The van der Waals surface area contributed by atoms with E-state index in [1.54, 1.807) is 17.2 Å². The van der Waals surface area contributed by atoms with E-state index in [0.717, 1.165) is 35.5 Å². The molecule has 0 unspecified atom stereocenters. The fourth-order valence-electron chi connectivity index (χ4n) is 3.39. The van der Waals surface area contributed by atoms with Crippen LogP contribution in [0.15, 0.2) is 36.5 Å². The Balaban J connectivity index is 1.52. The van der Waals surface area contributed by atoms with E-state index >= 15 is 0 Å². The highest BCUT2D eigenvalue weighted by Gasteiger charge is 2.23. The molecule has 1 aliphatic rings. The highest BCUT2D eigenvalue weighted by atomic mass is 16.6. The molecular formula is C22H28N4O3. The van der Waals surface area contributed by atoms with Crippen molar-refractivity contribution in [3.8, 4) is 0 Å². The number of piperidine rings is 1. The zero-order chi connectivity index (χ0) is 20.8. The van der Waals surface area contributed by atoms with Crippen molar-refractivity contribution in [1.82, 2.24) is 9.88 Å². The summed E-state index contributed by atoms with van der Waals surface area (Å²) in [6, 6.07) is 9.74. The SMILES string of the molecule is CCOC(=O)N1CCC(Nc2ccc(C(=O)Nc3ccc(C)cc3C)cn2)CC1. The molecular weight excluding hydrogens is 368 g/mol. The predicted octanol–water partition coefficient (Wildman–Crippen LogP) is 3.98. The van der Waals surface area contributed by atoms with Crippen LogP contribution in [0.25, 0.3) is 0 Å². The number of carbonyl (C=O) groups is 2. The standard InChI is InChI=1S/C22H28N4O3/c1-4-29-22(28)26-11-9-18(10-12-26)24-20-8-6-17(14-23-20)21(27)25-19-7-5-15(2)13-16(19)3/h5-8,13-14,18H,4,9-12H2,1-3H3,(H,23,24)(H,25,27). The first-order valence-electron chi connectivity index (χ1n) is 9.99. The number of aryl methyl sites for hydroxylation is 2. The molecule has 1 saturated heterocycles. The molecule has 0 spiro atoms. The summed E-state index contributed by atoms with van der Waals surface area (Å²) in [5, 5.41) is 6.31. The smallest absolute Gasteiger partial charge is 0.409 e. The third-order valence-corrected chi connectivity index (χ3v) is 5.03. The second-order valence-corrected chi connectivity index (χ2v) is 7.31. The monoisotopic (exact) mass is 396 g/mol. The average molecular weight is 396 g/mol. The van der Waals surface area contributed by atoms with Crippen LogP contribution in [0.4, 0.5) is 16.3 Å². The Labute approximate surface area is 171 Å². The van der Waals surface area contributed by atoms with Crippen LogP contribution in [-0.4, -0.2) is 47.6 Å². The second-order valence-electron chi connectivity index (χ2n) is 7.31. The van der Waals surface area contributed by atoms with Crippen LogP contribution in [0.2, 0.25) is 0 Å². The Morgan fingerprint density at radius 3 is 2.55 bits per heavy atom. The summed E-state index contributed by atoms with van der Waals surface area (Å²) in [5.41, 5.74) is 3.49. The van der Waals surface area contributed by atoms with Crippen molar-refractivity contribution < 1.29 is 14.3 Å². The minimum Gasteiger partial charge on any atom is -0.450 e. The maximum absolute atomic E-state index is 12.5. The summed E-state index contributed by atoms with van der Waals surface area (Å²) in [6.07, 6.45) is 2.99. The molecule has 2 heterocycles. The molecule has 0 radical (unpaired) electrons. The molecule has 0 bridgehead atoms. The number of amides is 2. The minimum absolute atomic E-state index is 0.182. The molecule has 7 nitrogen and oxygen atoms in total. The number of ether oxygens (including phenoxy) is 1. The van der Waals surface area contributed by atoms with Gasteiger partial charge in [0.05, 0.1) is 12.2 Å². The normalized spacial score (nSPS) is 14.4. The zero-order valence-electron chi connectivity index (χ0n) is 17.2. The largest absolute Gasteiger partial charge is 0.450 e.